The molecule has 1 amide bonds. The third kappa shape index (κ3) is 2.25. The molecule has 6 nitrogen and oxygen atoms in total. The number of rotatable bonds is 4. The van der Waals surface area contributed by atoms with Gasteiger partial charge < -0.3 is 15.3 Å². The van der Waals surface area contributed by atoms with E-state index in [9.17, 15) is 9.59 Å². The highest BCUT2D eigenvalue weighted by molar-refractivity contribution is 7.99. The third-order valence-electron chi connectivity index (χ3n) is 2.69. The fourth-order valence-corrected chi connectivity index (χ4v) is 3.18. The normalized spacial score (nSPS) is 11.1. The van der Waals surface area contributed by atoms with Gasteiger partial charge in [-0.15, -0.1) is 11.8 Å². The third-order valence-corrected chi connectivity index (χ3v) is 4.31. The van der Waals surface area contributed by atoms with Crippen LogP contribution in [0.4, 0.5) is 0 Å². The molecule has 2 rings (SSSR count). The minimum Gasteiger partial charge on any atom is -0.365 e. The molecule has 0 bridgehead atoms. The van der Waals surface area contributed by atoms with Gasteiger partial charge >= 0.3 is 0 Å². The minimum atomic E-state index is -0.606. The van der Waals surface area contributed by atoms with Crippen LogP contribution < -0.4 is 11.3 Å². The number of aromatic nitrogens is 3. The fourth-order valence-electron chi connectivity index (χ4n) is 1.91. The second kappa shape index (κ2) is 5.30. The van der Waals surface area contributed by atoms with Crippen LogP contribution in [0.2, 0.25) is 0 Å². The molecule has 0 aromatic carbocycles. The van der Waals surface area contributed by atoms with Crippen LogP contribution in [0.5, 0.6) is 0 Å². The number of fused-ring (bicyclic) bond motifs is 1. The highest BCUT2D eigenvalue weighted by Gasteiger charge is 2.23. The number of H-pyrrole nitrogens is 1. The summed E-state index contributed by atoms with van der Waals surface area (Å²) in [6.45, 7) is 1.97. The molecule has 0 radical (unpaired) electrons. The van der Waals surface area contributed by atoms with Gasteiger partial charge in [0.2, 0.25) is 0 Å². The van der Waals surface area contributed by atoms with Gasteiger partial charge in [0.25, 0.3) is 11.5 Å². The Kier molecular flexibility index (Phi) is 3.91. The molecule has 0 unspecified atom stereocenters. The number of hydrogen-bond acceptors (Lipinski definition) is 5. The molecule has 0 fully saturated rings. The Bertz CT molecular complexity index is 705. The molecule has 0 aliphatic rings. The largest absolute Gasteiger partial charge is 0.365 e. The highest BCUT2D eigenvalue weighted by atomic mass is 32.2. The van der Waals surface area contributed by atoms with E-state index in [0.717, 1.165) is 5.75 Å². The van der Waals surface area contributed by atoms with Gasteiger partial charge in [-0.05, 0) is 12.0 Å². The van der Waals surface area contributed by atoms with Crippen molar-refractivity contribution in [3.8, 4) is 0 Å². The van der Waals surface area contributed by atoms with Crippen molar-refractivity contribution in [3.05, 3.63) is 15.9 Å². The van der Waals surface area contributed by atoms with Crippen LogP contribution in [-0.2, 0) is 7.05 Å². The zero-order valence-electron chi connectivity index (χ0n) is 10.8. The Hall–Kier alpha value is -1.41. The van der Waals surface area contributed by atoms with Crippen LogP contribution in [0.3, 0.4) is 0 Å². The predicted octanol–water partition coefficient (Wildman–Crippen LogP) is 1.19. The average molecular weight is 298 g/mol. The number of nitrogens with zero attached hydrogens (tertiary/aromatic N) is 2. The second-order valence-electron chi connectivity index (χ2n) is 3.81. The van der Waals surface area contributed by atoms with Crippen LogP contribution in [0.15, 0.2) is 15.0 Å². The van der Waals surface area contributed by atoms with Gasteiger partial charge in [0.15, 0.2) is 5.16 Å². The lowest BCUT2D eigenvalue weighted by Crippen LogP contribution is -2.16. The van der Waals surface area contributed by atoms with Crippen molar-refractivity contribution in [3.63, 3.8) is 0 Å². The minimum absolute atomic E-state index is 0.255. The Morgan fingerprint density at radius 1 is 1.53 bits per heavy atom. The van der Waals surface area contributed by atoms with Gasteiger partial charge in [-0.1, -0.05) is 18.7 Å². The molecule has 8 heteroatoms. The molecule has 0 aliphatic carbocycles. The molecule has 2 heterocycles. The van der Waals surface area contributed by atoms with Gasteiger partial charge in [-0.2, -0.15) is 0 Å². The second-order valence-corrected chi connectivity index (χ2v) is 5.86. The number of carbonyl (C=O) groups excluding carboxylic acids is 1. The molecule has 0 saturated carbocycles. The Morgan fingerprint density at radius 2 is 2.21 bits per heavy atom. The van der Waals surface area contributed by atoms with Gasteiger partial charge in [0.1, 0.15) is 5.65 Å². The molecule has 0 atom stereocenters. The van der Waals surface area contributed by atoms with Gasteiger partial charge in [0.05, 0.1) is 16.0 Å². The molecular formula is C11H14N4O2S2. The summed E-state index contributed by atoms with van der Waals surface area (Å²) in [4.78, 5) is 30.7. The van der Waals surface area contributed by atoms with E-state index >= 15 is 0 Å². The summed E-state index contributed by atoms with van der Waals surface area (Å²) in [7, 11) is 1.78. The van der Waals surface area contributed by atoms with Crippen molar-refractivity contribution in [2.75, 3.05) is 12.0 Å². The summed E-state index contributed by atoms with van der Waals surface area (Å²) in [5.74, 6) is 0.170. The van der Waals surface area contributed by atoms with Crippen molar-refractivity contribution >= 4 is 40.5 Å². The fraction of sp³-hybridized carbons (Fsp3) is 0.364. The van der Waals surface area contributed by atoms with Gasteiger partial charge in [-0.25, -0.2) is 4.98 Å². The lowest BCUT2D eigenvalue weighted by Gasteiger charge is -2.02. The number of nitrogens with two attached hydrogens (primary N) is 1. The van der Waals surface area contributed by atoms with E-state index in [1.165, 1.54) is 23.5 Å². The first kappa shape index (κ1) is 14.0. The quantitative estimate of drug-likeness (QED) is 0.653. The van der Waals surface area contributed by atoms with E-state index in [1.807, 2.05) is 13.2 Å². The zero-order valence-corrected chi connectivity index (χ0v) is 12.4. The molecule has 19 heavy (non-hydrogen) atoms. The number of amides is 1. The van der Waals surface area contributed by atoms with Crippen molar-refractivity contribution in [2.24, 2.45) is 12.8 Å². The molecular weight excluding hydrogens is 284 g/mol. The number of thioether (sulfide) groups is 2. The molecule has 102 valence electrons. The highest BCUT2D eigenvalue weighted by Crippen LogP contribution is 2.29. The summed E-state index contributed by atoms with van der Waals surface area (Å²) < 4.78 is 1.75. The summed E-state index contributed by atoms with van der Waals surface area (Å²) in [6, 6.07) is 0. The monoisotopic (exact) mass is 298 g/mol. The van der Waals surface area contributed by atoms with E-state index < -0.39 is 5.91 Å². The van der Waals surface area contributed by atoms with Crippen LogP contribution in [-0.4, -0.2) is 32.5 Å². The van der Waals surface area contributed by atoms with Gasteiger partial charge in [0, 0.05) is 7.05 Å². The number of hydrogen-bond donors (Lipinski definition) is 2. The van der Waals surface area contributed by atoms with E-state index in [-0.39, 0.29) is 16.5 Å². The first-order chi connectivity index (χ1) is 9.01. The SMILES string of the molecule is CCSc1c(C(N)=O)c2c(=O)[nH]c(SC)nc2n1C. The first-order valence-corrected chi connectivity index (χ1v) is 7.81. The number of primary amides is 1. The lowest BCUT2D eigenvalue weighted by atomic mass is 10.2. The summed E-state index contributed by atoms with van der Waals surface area (Å²) in [5, 5.41) is 1.46. The zero-order chi connectivity index (χ0) is 14.2. The lowest BCUT2D eigenvalue weighted by molar-refractivity contribution is 0.0998. The predicted molar refractivity (Wildman–Crippen MR) is 78.0 cm³/mol. The summed E-state index contributed by atoms with van der Waals surface area (Å²) in [6.07, 6.45) is 1.82. The van der Waals surface area contributed by atoms with Crippen LogP contribution in [0, 0.1) is 0 Å². The Balaban J connectivity index is 2.92. The molecule has 2 aromatic rings. The van der Waals surface area contributed by atoms with E-state index in [2.05, 4.69) is 9.97 Å². The molecule has 0 aliphatic heterocycles. The summed E-state index contributed by atoms with van der Waals surface area (Å²) in [5.41, 5.74) is 5.82. The number of aryl methyl sites for hydroxylation is 1. The molecule has 3 N–H and O–H groups in total. The molecule has 0 saturated heterocycles. The Morgan fingerprint density at radius 3 is 2.74 bits per heavy atom. The van der Waals surface area contributed by atoms with Crippen molar-refractivity contribution < 1.29 is 4.79 Å². The van der Waals surface area contributed by atoms with Crippen molar-refractivity contribution in [1.82, 2.24) is 14.5 Å². The number of carbonyl (C=O) groups is 1. The molecule has 0 spiro atoms. The summed E-state index contributed by atoms with van der Waals surface area (Å²) >= 11 is 2.81. The van der Waals surface area contributed by atoms with E-state index in [4.69, 9.17) is 5.73 Å². The van der Waals surface area contributed by atoms with Gasteiger partial charge in [-0.3, -0.25) is 9.59 Å². The first-order valence-electron chi connectivity index (χ1n) is 5.60. The van der Waals surface area contributed by atoms with E-state index in [1.54, 1.807) is 11.6 Å². The van der Waals surface area contributed by atoms with Crippen LogP contribution >= 0.6 is 23.5 Å². The van der Waals surface area contributed by atoms with Crippen LogP contribution in [0.1, 0.15) is 17.3 Å². The number of nitrogens with one attached hydrogen (secondary N) is 1. The maximum atomic E-state index is 12.1. The van der Waals surface area contributed by atoms with Crippen molar-refractivity contribution in [1.29, 1.82) is 0 Å². The number of aromatic amines is 1. The molecule has 2 aromatic heterocycles. The Labute approximate surface area is 118 Å². The smallest absolute Gasteiger partial charge is 0.261 e. The van der Waals surface area contributed by atoms with Crippen molar-refractivity contribution in [2.45, 2.75) is 17.1 Å². The maximum Gasteiger partial charge on any atom is 0.261 e. The van der Waals surface area contributed by atoms with Crippen LogP contribution in [0.25, 0.3) is 11.0 Å². The maximum absolute atomic E-state index is 12.1. The topological polar surface area (TPSA) is 93.8 Å². The standard InChI is InChI=1S/C11H14N4O2S2/c1-4-19-10-5(7(12)16)6-8(15(10)2)13-11(18-3)14-9(6)17/h4H2,1-3H3,(H2,12,16)(H,13,14,17). The van der Waals surface area contributed by atoms with E-state index in [0.29, 0.717) is 15.8 Å². The average Bonchev–Trinajstić information content (AvgIpc) is 2.64.